The van der Waals surface area contributed by atoms with Gasteiger partial charge in [-0.1, -0.05) is 0 Å². The third kappa shape index (κ3) is 5.20. The molecule has 2 N–H and O–H groups in total. The van der Waals surface area contributed by atoms with Gasteiger partial charge in [-0.3, -0.25) is 9.69 Å². The summed E-state index contributed by atoms with van der Waals surface area (Å²) < 4.78 is 5.83. The number of anilines is 1. The first-order chi connectivity index (χ1) is 14.2. The maximum absolute atomic E-state index is 11.6. The second-order valence-electron chi connectivity index (χ2n) is 8.60. The molecule has 3 aliphatic rings. The van der Waals surface area contributed by atoms with Crippen LogP contribution in [0, 0.1) is 5.92 Å². The normalized spacial score (nSPS) is 24.8. The first kappa shape index (κ1) is 20.4. The SMILES string of the molecule is O=C(CCO)NC1CCC(CCN2CCN(c3nccc4c3OCC4)CC2)CC1. The zero-order valence-corrected chi connectivity index (χ0v) is 17.3. The number of ether oxygens (including phenoxy) is 1. The number of hydrogen-bond donors (Lipinski definition) is 2. The van der Waals surface area contributed by atoms with Crippen LogP contribution in [0.4, 0.5) is 5.82 Å². The minimum absolute atomic E-state index is 0.0160. The molecule has 1 saturated carbocycles. The van der Waals surface area contributed by atoms with Crippen molar-refractivity contribution in [1.29, 1.82) is 0 Å². The van der Waals surface area contributed by atoms with E-state index in [0.29, 0.717) is 6.04 Å². The molecule has 2 aliphatic heterocycles. The van der Waals surface area contributed by atoms with Gasteiger partial charge in [-0.05, 0) is 50.6 Å². The van der Waals surface area contributed by atoms with Crippen molar-refractivity contribution < 1.29 is 14.6 Å². The van der Waals surface area contributed by atoms with Crippen molar-refractivity contribution in [2.45, 2.75) is 51.0 Å². The fourth-order valence-electron chi connectivity index (χ4n) is 4.86. The van der Waals surface area contributed by atoms with Crippen LogP contribution in [-0.4, -0.2) is 72.9 Å². The number of rotatable bonds is 7. The lowest BCUT2D eigenvalue weighted by molar-refractivity contribution is -0.122. The number of carbonyl (C=O) groups excluding carboxylic acids is 1. The maximum Gasteiger partial charge on any atom is 0.222 e. The molecule has 7 nitrogen and oxygen atoms in total. The molecule has 3 heterocycles. The van der Waals surface area contributed by atoms with E-state index in [0.717, 1.165) is 76.1 Å². The average molecular weight is 403 g/mol. The van der Waals surface area contributed by atoms with Crippen LogP contribution >= 0.6 is 0 Å². The fraction of sp³-hybridized carbons (Fsp3) is 0.727. The highest BCUT2D eigenvalue weighted by molar-refractivity contribution is 5.76. The Labute approximate surface area is 173 Å². The van der Waals surface area contributed by atoms with Crippen LogP contribution in [0.5, 0.6) is 5.75 Å². The Balaban J connectivity index is 1.16. The van der Waals surface area contributed by atoms with Gasteiger partial charge in [0.2, 0.25) is 5.91 Å². The van der Waals surface area contributed by atoms with E-state index in [9.17, 15) is 4.79 Å². The molecule has 1 amide bonds. The Morgan fingerprint density at radius 2 is 2.00 bits per heavy atom. The van der Waals surface area contributed by atoms with Crippen LogP contribution in [0.25, 0.3) is 0 Å². The smallest absolute Gasteiger partial charge is 0.222 e. The molecule has 4 rings (SSSR count). The molecular formula is C22H34N4O3. The van der Waals surface area contributed by atoms with Crippen molar-refractivity contribution >= 4 is 11.7 Å². The molecule has 1 saturated heterocycles. The lowest BCUT2D eigenvalue weighted by atomic mass is 9.84. The molecule has 160 valence electrons. The number of pyridine rings is 1. The molecule has 0 aromatic carbocycles. The lowest BCUT2D eigenvalue weighted by Gasteiger charge is -2.37. The predicted octanol–water partition coefficient (Wildman–Crippen LogP) is 1.59. The van der Waals surface area contributed by atoms with Gasteiger partial charge in [-0.25, -0.2) is 4.98 Å². The third-order valence-electron chi connectivity index (χ3n) is 6.66. The van der Waals surface area contributed by atoms with Crippen LogP contribution in [0.3, 0.4) is 0 Å². The summed E-state index contributed by atoms with van der Waals surface area (Å²) in [5.41, 5.74) is 1.29. The zero-order chi connectivity index (χ0) is 20.1. The summed E-state index contributed by atoms with van der Waals surface area (Å²) in [4.78, 5) is 21.2. The van der Waals surface area contributed by atoms with Gasteiger partial charge < -0.3 is 20.1 Å². The summed E-state index contributed by atoms with van der Waals surface area (Å²) in [6, 6.07) is 2.38. The molecule has 7 heteroatoms. The number of nitrogens with zero attached hydrogens (tertiary/aromatic N) is 3. The van der Waals surface area contributed by atoms with Gasteiger partial charge in [0.1, 0.15) is 0 Å². The van der Waals surface area contributed by atoms with Crippen molar-refractivity contribution in [3.8, 4) is 5.75 Å². The highest BCUT2D eigenvalue weighted by Gasteiger charge is 2.26. The summed E-state index contributed by atoms with van der Waals surface area (Å²) in [6.07, 6.45) is 8.92. The zero-order valence-electron chi connectivity index (χ0n) is 17.3. The van der Waals surface area contributed by atoms with Crippen LogP contribution in [-0.2, 0) is 11.2 Å². The number of carbonyl (C=O) groups is 1. The van der Waals surface area contributed by atoms with Crippen molar-refractivity contribution in [2.24, 2.45) is 5.92 Å². The molecule has 2 fully saturated rings. The largest absolute Gasteiger partial charge is 0.489 e. The highest BCUT2D eigenvalue weighted by Crippen LogP contribution is 2.34. The Bertz CT molecular complexity index is 683. The molecule has 1 aromatic heterocycles. The number of piperazine rings is 1. The molecule has 1 aliphatic carbocycles. The summed E-state index contributed by atoms with van der Waals surface area (Å²) in [6.45, 7) is 6.06. The van der Waals surface area contributed by atoms with E-state index in [1.807, 2.05) is 6.20 Å². The number of amides is 1. The van der Waals surface area contributed by atoms with E-state index in [1.165, 1.54) is 24.8 Å². The van der Waals surface area contributed by atoms with Crippen LogP contribution in [0.2, 0.25) is 0 Å². The average Bonchev–Trinajstić information content (AvgIpc) is 3.23. The van der Waals surface area contributed by atoms with E-state index in [2.05, 4.69) is 26.2 Å². The number of aliphatic hydroxyl groups is 1. The maximum atomic E-state index is 11.6. The first-order valence-corrected chi connectivity index (χ1v) is 11.2. The van der Waals surface area contributed by atoms with Crippen molar-refractivity contribution in [3.63, 3.8) is 0 Å². The number of hydrogen-bond acceptors (Lipinski definition) is 6. The highest BCUT2D eigenvalue weighted by atomic mass is 16.5. The van der Waals surface area contributed by atoms with E-state index in [4.69, 9.17) is 9.84 Å². The van der Waals surface area contributed by atoms with E-state index >= 15 is 0 Å². The topological polar surface area (TPSA) is 77.9 Å². The van der Waals surface area contributed by atoms with Crippen molar-refractivity contribution in [1.82, 2.24) is 15.2 Å². The second kappa shape index (κ2) is 9.76. The lowest BCUT2D eigenvalue weighted by Crippen LogP contribution is -2.47. The predicted molar refractivity (Wildman–Crippen MR) is 112 cm³/mol. The van der Waals surface area contributed by atoms with Crippen molar-refractivity contribution in [2.75, 3.05) is 50.8 Å². The van der Waals surface area contributed by atoms with Gasteiger partial charge in [0, 0.05) is 56.8 Å². The van der Waals surface area contributed by atoms with E-state index in [-0.39, 0.29) is 18.9 Å². The van der Waals surface area contributed by atoms with Crippen LogP contribution in [0.1, 0.15) is 44.1 Å². The van der Waals surface area contributed by atoms with Gasteiger partial charge in [0.05, 0.1) is 13.2 Å². The molecule has 0 radical (unpaired) electrons. The van der Waals surface area contributed by atoms with Gasteiger partial charge >= 0.3 is 0 Å². The number of aromatic nitrogens is 1. The third-order valence-corrected chi connectivity index (χ3v) is 6.66. The molecule has 0 spiro atoms. The summed E-state index contributed by atoms with van der Waals surface area (Å²) >= 11 is 0. The monoisotopic (exact) mass is 402 g/mol. The van der Waals surface area contributed by atoms with Crippen LogP contribution in [0.15, 0.2) is 12.3 Å². The van der Waals surface area contributed by atoms with Gasteiger partial charge in [0.25, 0.3) is 0 Å². The molecule has 0 atom stereocenters. The minimum Gasteiger partial charge on any atom is -0.489 e. The Morgan fingerprint density at radius 3 is 2.76 bits per heavy atom. The van der Waals surface area contributed by atoms with Crippen molar-refractivity contribution in [3.05, 3.63) is 17.8 Å². The minimum atomic E-state index is -0.0652. The summed E-state index contributed by atoms with van der Waals surface area (Å²) in [5.74, 6) is 2.79. The van der Waals surface area contributed by atoms with Crippen LogP contribution < -0.4 is 15.0 Å². The molecule has 0 unspecified atom stereocenters. The first-order valence-electron chi connectivity index (χ1n) is 11.2. The Morgan fingerprint density at radius 1 is 1.21 bits per heavy atom. The quantitative estimate of drug-likeness (QED) is 0.721. The molecule has 29 heavy (non-hydrogen) atoms. The molecular weight excluding hydrogens is 368 g/mol. The van der Waals surface area contributed by atoms with Gasteiger partial charge in [-0.15, -0.1) is 0 Å². The molecule has 1 aromatic rings. The molecule has 0 bridgehead atoms. The Kier molecular flexibility index (Phi) is 6.87. The standard InChI is InChI=1S/C22H34N4O3/c27-15-7-20(28)24-19-3-1-17(2-4-19)6-10-25-11-13-26(14-12-25)22-21-18(5-9-23-22)8-16-29-21/h5,9,17,19,27H,1-4,6-8,10-16H2,(H,24,28). The number of fused-ring (bicyclic) bond motifs is 1. The fourth-order valence-corrected chi connectivity index (χ4v) is 4.86. The van der Waals surface area contributed by atoms with E-state index in [1.54, 1.807) is 0 Å². The van der Waals surface area contributed by atoms with Gasteiger partial charge in [0.15, 0.2) is 11.6 Å². The second-order valence-corrected chi connectivity index (χ2v) is 8.60. The Hall–Kier alpha value is -1.86. The van der Waals surface area contributed by atoms with Gasteiger partial charge in [-0.2, -0.15) is 0 Å². The summed E-state index contributed by atoms with van der Waals surface area (Å²) in [7, 11) is 0. The number of nitrogens with one attached hydrogen (secondary N) is 1. The number of aliphatic hydroxyl groups excluding tert-OH is 1. The summed E-state index contributed by atoms with van der Waals surface area (Å²) in [5, 5.41) is 11.9. The van der Waals surface area contributed by atoms with E-state index < -0.39 is 0 Å².